The van der Waals surface area contributed by atoms with Crippen molar-refractivity contribution in [3.63, 3.8) is 0 Å². The Morgan fingerprint density at radius 1 is 1.20 bits per heavy atom. The molecule has 3 rings (SSSR count). The molecule has 0 fully saturated rings. The van der Waals surface area contributed by atoms with E-state index in [0.717, 1.165) is 10.9 Å². The van der Waals surface area contributed by atoms with Crippen molar-refractivity contribution in [2.75, 3.05) is 5.32 Å². The van der Waals surface area contributed by atoms with E-state index in [1.165, 1.54) is 0 Å². The molecule has 0 aliphatic rings. The minimum Gasteiger partial charge on any atom is -0.347 e. The molecule has 0 saturated carbocycles. The highest BCUT2D eigenvalue weighted by molar-refractivity contribution is 5.93. The summed E-state index contributed by atoms with van der Waals surface area (Å²) < 4.78 is 28.9. The Morgan fingerprint density at radius 3 is 2.60 bits per heavy atom. The molecule has 3 aromatic rings. The number of nitrogens with one attached hydrogen (secondary N) is 1. The number of hydrogen-bond donors (Lipinski definition) is 1. The summed E-state index contributed by atoms with van der Waals surface area (Å²) in [5, 5.41) is 13.9. The predicted octanol–water partition coefficient (Wildman–Crippen LogP) is 3.55. The van der Waals surface area contributed by atoms with Crippen LogP contribution in [-0.2, 0) is 18.3 Å². The molecule has 1 heterocycles. The van der Waals surface area contributed by atoms with E-state index >= 15 is 0 Å². The van der Waals surface area contributed by atoms with Crippen LogP contribution in [0.5, 0.6) is 0 Å². The summed E-state index contributed by atoms with van der Waals surface area (Å²) in [6.07, 6.45) is -0.0597. The van der Waals surface area contributed by atoms with E-state index in [2.05, 4.69) is 5.32 Å². The zero-order valence-electron chi connectivity index (χ0n) is 13.1. The molecule has 0 radical (unpaired) electrons. The van der Waals surface area contributed by atoms with Gasteiger partial charge < -0.3 is 9.88 Å². The van der Waals surface area contributed by atoms with E-state index in [0.29, 0.717) is 17.8 Å². The van der Waals surface area contributed by atoms with Gasteiger partial charge in [-0.15, -0.1) is 0 Å². The number of fused-ring (bicyclic) bond motifs is 1. The lowest BCUT2D eigenvalue weighted by Gasteiger charge is -2.08. The van der Waals surface area contributed by atoms with Crippen LogP contribution in [0.15, 0.2) is 42.5 Å². The Hall–Kier alpha value is -3.29. The van der Waals surface area contributed by atoms with Gasteiger partial charge in [0.05, 0.1) is 17.0 Å². The highest BCUT2D eigenvalue weighted by atomic mass is 19.1. The number of carbonyl (C=O) groups is 1. The fraction of sp³-hybridized carbons (Fsp3) is 0.118. The zero-order chi connectivity index (χ0) is 18.1. The average molecular weight is 345 g/mol. The molecule has 0 atom stereocenters. The van der Waals surface area contributed by atoms with Crippen molar-refractivity contribution in [2.24, 2.45) is 7.05 Å². The third-order valence-electron chi connectivity index (χ3n) is 3.90. The molecule has 8 heteroatoms. The number of benzene rings is 2. The normalized spacial score (nSPS) is 10.8. The third-order valence-corrected chi connectivity index (χ3v) is 3.90. The minimum atomic E-state index is -1.30. The van der Waals surface area contributed by atoms with Crippen LogP contribution in [0.3, 0.4) is 0 Å². The van der Waals surface area contributed by atoms with Gasteiger partial charge in [0.1, 0.15) is 5.82 Å². The molecule has 1 amide bonds. The second-order valence-corrected chi connectivity index (χ2v) is 5.52. The average Bonchev–Trinajstić information content (AvgIpc) is 2.86. The van der Waals surface area contributed by atoms with Gasteiger partial charge >= 0.3 is 5.69 Å². The lowest BCUT2D eigenvalue weighted by molar-refractivity contribution is -0.387. The number of anilines is 1. The number of aromatic nitrogens is 1. The van der Waals surface area contributed by atoms with Crippen LogP contribution in [0.1, 0.15) is 5.69 Å². The van der Waals surface area contributed by atoms with Gasteiger partial charge in [0.25, 0.3) is 0 Å². The molecule has 0 aliphatic heterocycles. The zero-order valence-corrected chi connectivity index (χ0v) is 13.1. The van der Waals surface area contributed by atoms with Crippen molar-refractivity contribution >= 4 is 28.2 Å². The molecule has 6 nitrogen and oxygen atoms in total. The molecule has 0 unspecified atom stereocenters. The number of nitro benzene ring substituents is 1. The standard InChI is InChI=1S/C17H13F2N3O3/c1-21-11(6-10-4-2-3-5-15(10)21)7-17(23)20-14-9-16(22(24)25)13(19)8-12(14)18/h2-6,8-9H,7H2,1H3,(H,20,23). The number of amides is 1. The summed E-state index contributed by atoms with van der Waals surface area (Å²) in [7, 11) is 1.80. The van der Waals surface area contributed by atoms with E-state index in [9.17, 15) is 23.7 Å². The Labute approximate surface area is 140 Å². The lowest BCUT2D eigenvalue weighted by Crippen LogP contribution is -2.17. The summed E-state index contributed by atoms with van der Waals surface area (Å²) in [6.45, 7) is 0. The molecule has 0 bridgehead atoms. The fourth-order valence-electron chi connectivity index (χ4n) is 2.65. The van der Waals surface area contributed by atoms with Crippen molar-refractivity contribution in [3.8, 4) is 0 Å². The molecule has 0 spiro atoms. The maximum absolute atomic E-state index is 13.8. The smallest absolute Gasteiger partial charge is 0.307 e. The van der Waals surface area contributed by atoms with Gasteiger partial charge in [-0.1, -0.05) is 18.2 Å². The minimum absolute atomic E-state index is 0.0597. The fourth-order valence-corrected chi connectivity index (χ4v) is 2.65. The summed E-state index contributed by atoms with van der Waals surface area (Å²) in [5.41, 5.74) is 0.294. The van der Waals surface area contributed by atoms with Gasteiger partial charge in [-0.2, -0.15) is 4.39 Å². The number of aryl methyl sites for hydroxylation is 1. The first-order chi connectivity index (χ1) is 11.9. The number of nitro groups is 1. The Bertz CT molecular complexity index is 998. The van der Waals surface area contributed by atoms with Gasteiger partial charge in [0.15, 0.2) is 0 Å². The second-order valence-electron chi connectivity index (χ2n) is 5.52. The quantitative estimate of drug-likeness (QED) is 0.580. The molecule has 0 saturated heterocycles. The van der Waals surface area contributed by atoms with Crippen LogP contribution in [0.2, 0.25) is 0 Å². The van der Waals surface area contributed by atoms with Crippen LogP contribution >= 0.6 is 0 Å². The highest BCUT2D eigenvalue weighted by Gasteiger charge is 2.20. The Kier molecular flexibility index (Phi) is 4.18. The number of halogens is 2. The summed E-state index contributed by atoms with van der Waals surface area (Å²) in [6, 6.07) is 10.4. The number of para-hydroxylation sites is 1. The molecule has 2 aromatic carbocycles. The monoisotopic (exact) mass is 345 g/mol. The maximum atomic E-state index is 13.8. The Morgan fingerprint density at radius 2 is 1.92 bits per heavy atom. The van der Waals surface area contributed by atoms with Crippen LogP contribution in [0.4, 0.5) is 20.2 Å². The van der Waals surface area contributed by atoms with Gasteiger partial charge in [-0.3, -0.25) is 14.9 Å². The number of nitrogens with zero attached hydrogens (tertiary/aromatic N) is 2. The van der Waals surface area contributed by atoms with Crippen LogP contribution in [0, 0.1) is 21.7 Å². The summed E-state index contributed by atoms with van der Waals surface area (Å²) >= 11 is 0. The first kappa shape index (κ1) is 16.6. The van der Waals surface area contributed by atoms with Crippen LogP contribution in [-0.4, -0.2) is 15.4 Å². The molecular formula is C17H13F2N3O3. The van der Waals surface area contributed by atoms with E-state index < -0.39 is 33.8 Å². The van der Waals surface area contributed by atoms with Crippen molar-refractivity contribution < 1.29 is 18.5 Å². The Balaban J connectivity index is 1.84. The van der Waals surface area contributed by atoms with Gasteiger partial charge in [0.2, 0.25) is 11.7 Å². The molecule has 0 aliphatic carbocycles. The van der Waals surface area contributed by atoms with E-state index in [1.54, 1.807) is 7.05 Å². The molecule has 128 valence electrons. The number of rotatable bonds is 4. The molecule has 1 N–H and O–H groups in total. The summed E-state index contributed by atoms with van der Waals surface area (Å²) in [5.74, 6) is -2.94. The third kappa shape index (κ3) is 3.18. The van der Waals surface area contributed by atoms with Gasteiger partial charge in [0, 0.05) is 30.4 Å². The lowest BCUT2D eigenvalue weighted by atomic mass is 10.2. The van der Waals surface area contributed by atoms with E-state index in [4.69, 9.17) is 0 Å². The SMILES string of the molecule is Cn1c(CC(=O)Nc2cc([N+](=O)[O-])c(F)cc2F)cc2ccccc21. The maximum Gasteiger partial charge on any atom is 0.307 e. The van der Waals surface area contributed by atoms with Gasteiger partial charge in [-0.25, -0.2) is 4.39 Å². The number of carbonyl (C=O) groups excluding carboxylic acids is 1. The van der Waals surface area contributed by atoms with E-state index in [1.807, 2.05) is 34.9 Å². The van der Waals surface area contributed by atoms with Crippen molar-refractivity contribution in [2.45, 2.75) is 6.42 Å². The number of hydrogen-bond acceptors (Lipinski definition) is 3. The molecule has 25 heavy (non-hydrogen) atoms. The summed E-state index contributed by atoms with van der Waals surface area (Å²) in [4.78, 5) is 21.9. The largest absolute Gasteiger partial charge is 0.347 e. The topological polar surface area (TPSA) is 77.2 Å². The second kappa shape index (κ2) is 6.31. The van der Waals surface area contributed by atoms with Crippen molar-refractivity contribution in [1.29, 1.82) is 0 Å². The first-order valence-electron chi connectivity index (χ1n) is 7.33. The van der Waals surface area contributed by atoms with Crippen molar-refractivity contribution in [1.82, 2.24) is 4.57 Å². The van der Waals surface area contributed by atoms with Gasteiger partial charge in [-0.05, 0) is 17.5 Å². The molecular weight excluding hydrogens is 332 g/mol. The first-order valence-corrected chi connectivity index (χ1v) is 7.33. The highest BCUT2D eigenvalue weighted by Crippen LogP contribution is 2.25. The molecule has 1 aromatic heterocycles. The van der Waals surface area contributed by atoms with E-state index in [-0.39, 0.29) is 6.42 Å². The predicted molar refractivity (Wildman–Crippen MR) is 88.3 cm³/mol. The van der Waals surface area contributed by atoms with Crippen LogP contribution < -0.4 is 5.32 Å². The van der Waals surface area contributed by atoms with Crippen LogP contribution in [0.25, 0.3) is 10.9 Å². The van der Waals surface area contributed by atoms with Crippen molar-refractivity contribution in [3.05, 3.63) is 69.9 Å².